The number of hydrogen-bond donors (Lipinski definition) is 4. The molecule has 2 aromatic carbocycles. The number of piperidine rings is 1. The Morgan fingerprint density at radius 2 is 2.05 bits per heavy atom. The minimum Gasteiger partial charge on any atom is -0.396 e. The van der Waals surface area contributed by atoms with Gasteiger partial charge in [0.15, 0.2) is 5.82 Å². The Labute approximate surface area is 260 Å². The van der Waals surface area contributed by atoms with Crippen LogP contribution in [0.15, 0.2) is 58.4 Å². The Morgan fingerprint density at radius 1 is 1.25 bits per heavy atom. The highest BCUT2D eigenvalue weighted by Crippen LogP contribution is 2.32. The number of aromatic nitrogens is 3. The van der Waals surface area contributed by atoms with Crippen LogP contribution in [0.5, 0.6) is 0 Å². The maximum absolute atomic E-state index is 15.1. The molecule has 44 heavy (non-hydrogen) atoms. The molecule has 0 bridgehead atoms. The molecule has 0 radical (unpaired) electrons. The lowest BCUT2D eigenvalue weighted by molar-refractivity contribution is 0.228. The molecule has 11 heteroatoms. The molecule has 1 aliphatic heterocycles. The van der Waals surface area contributed by atoms with Crippen LogP contribution in [-0.4, -0.2) is 51.3 Å². The van der Waals surface area contributed by atoms with Crippen molar-refractivity contribution in [1.82, 2.24) is 19.9 Å². The van der Waals surface area contributed by atoms with Crippen molar-refractivity contribution >= 4 is 28.5 Å². The maximum Gasteiger partial charge on any atom is 0.354 e. The number of aliphatic hydroxyl groups excluding tert-OH is 1. The lowest BCUT2D eigenvalue weighted by Gasteiger charge is -2.31. The molecule has 0 saturated carbocycles. The molecule has 234 valence electrons. The van der Waals surface area contributed by atoms with Crippen molar-refractivity contribution in [2.75, 3.05) is 19.8 Å². The third-order valence-corrected chi connectivity index (χ3v) is 8.62. The lowest BCUT2D eigenvalue weighted by Crippen LogP contribution is -2.37. The van der Waals surface area contributed by atoms with Gasteiger partial charge >= 0.3 is 5.69 Å². The lowest BCUT2D eigenvalue weighted by atomic mass is 9.92. The van der Waals surface area contributed by atoms with E-state index in [2.05, 4.69) is 20.3 Å². The van der Waals surface area contributed by atoms with Crippen LogP contribution in [-0.2, 0) is 6.42 Å². The Hall–Kier alpha value is -3.60. The predicted molar refractivity (Wildman–Crippen MR) is 172 cm³/mol. The van der Waals surface area contributed by atoms with Gasteiger partial charge in [0.1, 0.15) is 18.2 Å². The van der Waals surface area contributed by atoms with Gasteiger partial charge < -0.3 is 21.1 Å². The molecule has 4 aromatic rings. The predicted octanol–water partition coefficient (Wildman–Crippen LogP) is 6.02. The number of nitrogens with two attached hydrogens (primary N) is 1. The van der Waals surface area contributed by atoms with E-state index in [1.165, 1.54) is 4.57 Å². The van der Waals surface area contributed by atoms with Gasteiger partial charge in [0, 0.05) is 42.4 Å². The fourth-order valence-corrected chi connectivity index (χ4v) is 6.08. The second kappa shape index (κ2) is 14.5. The summed E-state index contributed by atoms with van der Waals surface area (Å²) in [5.74, 6) is -0.295. The number of amidine groups is 1. The number of hydrogen-bond acceptors (Lipinski definition) is 5. The van der Waals surface area contributed by atoms with Gasteiger partial charge in [-0.05, 0) is 85.9 Å². The van der Waals surface area contributed by atoms with Gasteiger partial charge in [-0.25, -0.2) is 13.6 Å². The number of H-pyrrole nitrogens is 1. The van der Waals surface area contributed by atoms with E-state index in [0.29, 0.717) is 40.9 Å². The second-order valence-corrected chi connectivity index (χ2v) is 12.1. The van der Waals surface area contributed by atoms with Crippen LogP contribution in [0.2, 0.25) is 5.02 Å². The van der Waals surface area contributed by atoms with E-state index in [0.717, 1.165) is 49.7 Å². The summed E-state index contributed by atoms with van der Waals surface area (Å²) < 4.78 is 29.2. The number of halogens is 3. The van der Waals surface area contributed by atoms with Crippen LogP contribution in [0.4, 0.5) is 8.78 Å². The molecule has 1 saturated heterocycles. The maximum atomic E-state index is 15.1. The number of aromatic amines is 1. The van der Waals surface area contributed by atoms with Gasteiger partial charge in [-0.1, -0.05) is 37.1 Å². The van der Waals surface area contributed by atoms with Gasteiger partial charge in [-0.15, -0.1) is 0 Å². The van der Waals surface area contributed by atoms with E-state index in [1.54, 1.807) is 24.4 Å². The van der Waals surface area contributed by atoms with Crippen LogP contribution < -0.4 is 16.7 Å². The zero-order valence-electron chi connectivity index (χ0n) is 24.8. The van der Waals surface area contributed by atoms with Crippen molar-refractivity contribution in [3.8, 4) is 16.9 Å². The smallest absolute Gasteiger partial charge is 0.354 e. The van der Waals surface area contributed by atoms with Gasteiger partial charge in [0.05, 0.1) is 16.4 Å². The molecule has 3 heterocycles. The number of aliphatic imine (C=N–C) groups is 1. The molecule has 0 spiro atoms. The van der Waals surface area contributed by atoms with Gasteiger partial charge in [0.2, 0.25) is 0 Å². The van der Waals surface area contributed by atoms with E-state index in [4.69, 9.17) is 17.3 Å². The molecule has 8 nitrogen and oxygen atoms in total. The molecule has 5 rings (SSSR count). The fraction of sp³-hybridized carbons (Fsp3) is 0.424. The van der Waals surface area contributed by atoms with Crippen molar-refractivity contribution in [1.29, 1.82) is 0 Å². The average Bonchev–Trinajstić information content (AvgIpc) is 3.44. The van der Waals surface area contributed by atoms with Crippen molar-refractivity contribution in [3.63, 3.8) is 0 Å². The monoisotopic (exact) mass is 624 g/mol. The number of benzene rings is 2. The quantitative estimate of drug-likeness (QED) is 0.113. The zero-order valence-corrected chi connectivity index (χ0v) is 25.6. The third-order valence-electron chi connectivity index (χ3n) is 8.35. The van der Waals surface area contributed by atoms with E-state index >= 15 is 4.39 Å². The van der Waals surface area contributed by atoms with Crippen molar-refractivity contribution < 1.29 is 13.9 Å². The minimum atomic E-state index is -0.724. The first kappa shape index (κ1) is 31.8. The van der Waals surface area contributed by atoms with Crippen molar-refractivity contribution in [3.05, 3.63) is 81.1 Å². The summed E-state index contributed by atoms with van der Waals surface area (Å²) in [5, 5.41) is 13.6. The van der Waals surface area contributed by atoms with Gasteiger partial charge in [-0.2, -0.15) is 4.98 Å². The molecule has 3 atom stereocenters. The van der Waals surface area contributed by atoms with Gasteiger partial charge in [0.25, 0.3) is 0 Å². The first-order valence-electron chi connectivity index (χ1n) is 15.2. The molecular weight excluding hydrogens is 586 g/mol. The fourth-order valence-electron chi connectivity index (χ4n) is 5.84. The number of alkyl halides is 1. The van der Waals surface area contributed by atoms with Crippen LogP contribution in [0, 0.1) is 11.7 Å². The number of aliphatic hydroxyl groups is 1. The molecule has 0 aliphatic carbocycles. The minimum absolute atomic E-state index is 0.0350. The van der Waals surface area contributed by atoms with E-state index in [-0.39, 0.29) is 35.5 Å². The summed E-state index contributed by atoms with van der Waals surface area (Å²) in [6, 6.07) is 13.5. The van der Waals surface area contributed by atoms with Crippen LogP contribution in [0.1, 0.15) is 62.6 Å². The summed E-state index contributed by atoms with van der Waals surface area (Å²) in [6.45, 7) is 1.90. The Morgan fingerprint density at radius 3 is 2.80 bits per heavy atom. The first-order valence-corrected chi connectivity index (χ1v) is 15.6. The topological polar surface area (TPSA) is 121 Å². The zero-order chi connectivity index (χ0) is 31.2. The highest BCUT2D eigenvalue weighted by atomic mass is 35.5. The number of aryl methyl sites for hydroxylation is 1. The highest BCUT2D eigenvalue weighted by Gasteiger charge is 2.22. The second-order valence-electron chi connectivity index (χ2n) is 11.7. The number of fused-ring (bicyclic) bond motifs is 1. The Kier molecular flexibility index (Phi) is 10.5. The number of rotatable bonds is 12. The first-order chi connectivity index (χ1) is 21.2. The van der Waals surface area contributed by atoms with E-state index in [9.17, 15) is 14.3 Å². The Balaban J connectivity index is 1.33. The summed E-state index contributed by atoms with van der Waals surface area (Å²) in [5.41, 5.74) is 8.89. The molecule has 1 fully saturated rings. The summed E-state index contributed by atoms with van der Waals surface area (Å²) in [4.78, 5) is 24.4. The summed E-state index contributed by atoms with van der Waals surface area (Å²) in [7, 11) is 0. The Bertz CT molecular complexity index is 1670. The number of nitrogens with one attached hydrogen (secondary N) is 2. The molecule has 2 aromatic heterocycles. The molecule has 5 N–H and O–H groups in total. The summed E-state index contributed by atoms with van der Waals surface area (Å²) >= 11 is 6.26. The van der Waals surface area contributed by atoms with Crippen molar-refractivity contribution in [2.24, 2.45) is 16.6 Å². The van der Waals surface area contributed by atoms with Crippen LogP contribution >= 0.6 is 11.6 Å². The van der Waals surface area contributed by atoms with Crippen LogP contribution in [0.3, 0.4) is 0 Å². The molecule has 0 unspecified atom stereocenters. The van der Waals surface area contributed by atoms with Gasteiger partial charge in [-0.3, -0.25) is 9.56 Å². The highest BCUT2D eigenvalue weighted by molar-refractivity contribution is 6.31. The van der Waals surface area contributed by atoms with E-state index < -0.39 is 18.2 Å². The SMILES string of the molecule is C[C@@H](CO)CCCc1cc(Cl)c(F)c(-c2cc3cn(-c4ccc([C@@H]5CCC[C@@H](CCN=C(N)CF)N5)cc4)c(=O)nc3[nH]2)c1. The largest absolute Gasteiger partial charge is 0.396 e. The molecule has 1 aliphatic rings. The van der Waals surface area contributed by atoms with Crippen LogP contribution in [0.25, 0.3) is 28.0 Å². The molecule has 0 amide bonds. The third kappa shape index (κ3) is 7.54. The summed E-state index contributed by atoms with van der Waals surface area (Å²) in [6.07, 6.45) is 8.00. The molecular formula is C33H39ClF2N6O2. The normalized spacial score (nSPS) is 18.2. The number of nitrogens with zero attached hydrogens (tertiary/aromatic N) is 3. The standard InChI is InChI=1S/C33H39ClF2N6O2/c1-20(19-43)4-2-5-21-14-26(31(36)27(34)15-21)29-16-23-18-42(33(44)41-32(23)40-29)25-10-8-22(9-11-25)28-7-3-6-24(39-28)12-13-38-30(37)17-35/h8-11,14-16,18,20,24,28,39,43H,2-7,12-13,17,19H2,1H3,(H2,37,38)(H,40,41,44)/t20-,24+,28+/m1/s1. The van der Waals surface area contributed by atoms with E-state index in [1.807, 2.05) is 31.2 Å². The van der Waals surface area contributed by atoms with Crippen molar-refractivity contribution in [2.45, 2.75) is 64.0 Å². The average molecular weight is 625 g/mol.